The van der Waals surface area contributed by atoms with Gasteiger partial charge in [0, 0.05) is 6.54 Å². The molecule has 1 nitrogen and oxygen atoms in total. The zero-order chi connectivity index (χ0) is 8.27. The van der Waals surface area contributed by atoms with Gasteiger partial charge in [0.05, 0.1) is 0 Å². The maximum atomic E-state index is 4.38. The Labute approximate surface area is 70.7 Å². The lowest BCUT2D eigenvalue weighted by Gasteiger charge is -2.23. The van der Waals surface area contributed by atoms with Gasteiger partial charge in [0.1, 0.15) is 7.85 Å². The van der Waals surface area contributed by atoms with Crippen molar-refractivity contribution in [2.45, 2.75) is 32.5 Å². The second-order valence-electron chi connectivity index (χ2n) is 3.73. The summed E-state index contributed by atoms with van der Waals surface area (Å²) >= 11 is 0. The van der Waals surface area contributed by atoms with Gasteiger partial charge >= 0.3 is 0 Å². The SMILES string of the molecule is BC1C=NCCC(CC)C1C. The topological polar surface area (TPSA) is 12.4 Å². The number of nitrogens with zero attached hydrogens (tertiary/aromatic N) is 1. The first-order valence-electron chi connectivity index (χ1n) is 4.75. The predicted molar refractivity (Wildman–Crippen MR) is 53.2 cm³/mol. The first-order valence-corrected chi connectivity index (χ1v) is 4.75. The Hall–Kier alpha value is -0.265. The van der Waals surface area contributed by atoms with E-state index in [1.54, 1.807) is 0 Å². The van der Waals surface area contributed by atoms with E-state index in [1.807, 2.05) is 0 Å². The molecule has 0 radical (unpaired) electrons. The van der Waals surface area contributed by atoms with Crippen molar-refractivity contribution in [1.82, 2.24) is 0 Å². The summed E-state index contributed by atoms with van der Waals surface area (Å²) < 4.78 is 0. The van der Waals surface area contributed by atoms with E-state index >= 15 is 0 Å². The summed E-state index contributed by atoms with van der Waals surface area (Å²) in [7, 11) is 2.28. The van der Waals surface area contributed by atoms with Crippen LogP contribution in [0.5, 0.6) is 0 Å². The van der Waals surface area contributed by atoms with Crippen LogP contribution in [0.2, 0.25) is 5.82 Å². The van der Waals surface area contributed by atoms with Crippen LogP contribution in [-0.4, -0.2) is 20.6 Å². The summed E-state index contributed by atoms with van der Waals surface area (Å²) in [6.07, 6.45) is 4.74. The third kappa shape index (κ3) is 2.08. The highest BCUT2D eigenvalue weighted by molar-refractivity contribution is 6.20. The fourth-order valence-electron chi connectivity index (χ4n) is 1.89. The molecule has 3 unspecified atom stereocenters. The lowest BCUT2D eigenvalue weighted by Crippen LogP contribution is -2.16. The number of hydrogen-bond donors (Lipinski definition) is 0. The fourth-order valence-corrected chi connectivity index (χ4v) is 1.89. The first kappa shape index (κ1) is 8.83. The van der Waals surface area contributed by atoms with Gasteiger partial charge in [0.15, 0.2) is 0 Å². The van der Waals surface area contributed by atoms with Crippen molar-refractivity contribution in [1.29, 1.82) is 0 Å². The molecule has 1 heterocycles. The van der Waals surface area contributed by atoms with Crippen molar-refractivity contribution in [2.24, 2.45) is 16.8 Å². The molecule has 3 atom stereocenters. The third-order valence-electron chi connectivity index (χ3n) is 3.07. The van der Waals surface area contributed by atoms with Crippen LogP contribution < -0.4 is 0 Å². The minimum absolute atomic E-state index is 0.683. The molecule has 0 bridgehead atoms. The Kier molecular flexibility index (Phi) is 3.16. The Bertz CT molecular complexity index is 144. The highest BCUT2D eigenvalue weighted by atomic mass is 14.7. The summed E-state index contributed by atoms with van der Waals surface area (Å²) in [6, 6.07) is 0. The van der Waals surface area contributed by atoms with E-state index in [9.17, 15) is 0 Å². The number of hydrogen-bond acceptors (Lipinski definition) is 1. The molecule has 0 aromatic rings. The molecule has 0 spiro atoms. The molecule has 0 saturated carbocycles. The van der Waals surface area contributed by atoms with Crippen molar-refractivity contribution in [3.8, 4) is 0 Å². The van der Waals surface area contributed by atoms with Crippen LogP contribution >= 0.6 is 0 Å². The molecule has 11 heavy (non-hydrogen) atoms. The van der Waals surface area contributed by atoms with Crippen LogP contribution in [0.15, 0.2) is 4.99 Å². The fraction of sp³-hybridized carbons (Fsp3) is 0.889. The summed E-state index contributed by atoms with van der Waals surface area (Å²) in [5.74, 6) is 2.40. The lowest BCUT2D eigenvalue weighted by molar-refractivity contribution is 0.348. The molecule has 0 N–H and O–H groups in total. The first-order chi connectivity index (χ1) is 5.25. The molecular weight excluding hydrogens is 133 g/mol. The van der Waals surface area contributed by atoms with E-state index in [0.29, 0.717) is 5.82 Å². The van der Waals surface area contributed by atoms with Crippen LogP contribution in [0.25, 0.3) is 0 Å². The average molecular weight is 151 g/mol. The minimum Gasteiger partial charge on any atom is -0.298 e. The zero-order valence-electron chi connectivity index (χ0n) is 7.88. The number of aliphatic imine (C=N–C) groups is 1. The van der Waals surface area contributed by atoms with Crippen LogP contribution in [-0.2, 0) is 0 Å². The van der Waals surface area contributed by atoms with Gasteiger partial charge in [-0.05, 0) is 30.3 Å². The molecule has 1 aliphatic rings. The van der Waals surface area contributed by atoms with Gasteiger partial charge in [0.25, 0.3) is 0 Å². The molecule has 0 aromatic carbocycles. The van der Waals surface area contributed by atoms with E-state index in [0.717, 1.165) is 18.4 Å². The summed E-state index contributed by atoms with van der Waals surface area (Å²) in [5.41, 5.74) is 0. The molecular formula is C9H18BN. The Morgan fingerprint density at radius 1 is 1.64 bits per heavy atom. The van der Waals surface area contributed by atoms with Gasteiger partial charge in [-0.25, -0.2) is 0 Å². The Morgan fingerprint density at radius 3 is 3.00 bits per heavy atom. The lowest BCUT2D eigenvalue weighted by atomic mass is 9.71. The van der Waals surface area contributed by atoms with Crippen LogP contribution in [0.3, 0.4) is 0 Å². The van der Waals surface area contributed by atoms with Gasteiger partial charge in [-0.15, -0.1) is 0 Å². The summed E-state index contributed by atoms with van der Waals surface area (Å²) in [5, 5.41) is 0. The standard InChI is InChI=1S/C9H18BN/c1-3-8-4-5-11-6-9(10)7(8)2/h6-9H,3-5,10H2,1-2H3. The Morgan fingerprint density at radius 2 is 2.36 bits per heavy atom. The molecule has 0 fully saturated rings. The highest BCUT2D eigenvalue weighted by Crippen LogP contribution is 2.29. The second-order valence-corrected chi connectivity index (χ2v) is 3.73. The maximum Gasteiger partial charge on any atom is 0.112 e. The molecule has 0 amide bonds. The minimum atomic E-state index is 0.683. The van der Waals surface area contributed by atoms with E-state index in [-0.39, 0.29) is 0 Å². The Balaban J connectivity index is 2.57. The quantitative estimate of drug-likeness (QED) is 0.504. The molecule has 0 aliphatic carbocycles. The van der Waals surface area contributed by atoms with Gasteiger partial charge in [0.2, 0.25) is 0 Å². The van der Waals surface area contributed by atoms with Crippen LogP contribution in [0, 0.1) is 11.8 Å². The normalized spacial score (nSPS) is 38.5. The van der Waals surface area contributed by atoms with E-state index in [2.05, 4.69) is 32.9 Å². The van der Waals surface area contributed by atoms with Gasteiger partial charge in [-0.1, -0.05) is 20.3 Å². The van der Waals surface area contributed by atoms with Crippen molar-refractivity contribution >= 4 is 14.1 Å². The van der Waals surface area contributed by atoms with E-state index in [1.165, 1.54) is 12.8 Å². The predicted octanol–water partition coefficient (Wildman–Crippen LogP) is 1.54. The highest BCUT2D eigenvalue weighted by Gasteiger charge is 2.21. The smallest absolute Gasteiger partial charge is 0.112 e. The summed E-state index contributed by atoms with van der Waals surface area (Å²) in [4.78, 5) is 4.38. The molecule has 0 aromatic heterocycles. The van der Waals surface area contributed by atoms with Gasteiger partial charge < -0.3 is 0 Å². The molecule has 0 saturated heterocycles. The van der Waals surface area contributed by atoms with Crippen molar-refractivity contribution < 1.29 is 0 Å². The maximum absolute atomic E-state index is 4.38. The van der Waals surface area contributed by atoms with Crippen LogP contribution in [0.1, 0.15) is 26.7 Å². The number of rotatable bonds is 1. The molecule has 2 heteroatoms. The van der Waals surface area contributed by atoms with Crippen molar-refractivity contribution in [3.05, 3.63) is 0 Å². The zero-order valence-corrected chi connectivity index (χ0v) is 7.88. The van der Waals surface area contributed by atoms with Gasteiger partial charge in [-0.3, -0.25) is 4.99 Å². The van der Waals surface area contributed by atoms with E-state index < -0.39 is 0 Å². The van der Waals surface area contributed by atoms with Crippen molar-refractivity contribution in [3.63, 3.8) is 0 Å². The molecule has 1 aliphatic heterocycles. The van der Waals surface area contributed by atoms with Crippen molar-refractivity contribution in [2.75, 3.05) is 6.54 Å². The average Bonchev–Trinajstić information content (AvgIpc) is 2.16. The van der Waals surface area contributed by atoms with E-state index in [4.69, 9.17) is 0 Å². The second kappa shape index (κ2) is 3.94. The largest absolute Gasteiger partial charge is 0.298 e. The third-order valence-corrected chi connectivity index (χ3v) is 3.07. The molecule has 62 valence electrons. The van der Waals surface area contributed by atoms with Gasteiger partial charge in [-0.2, -0.15) is 0 Å². The summed E-state index contributed by atoms with van der Waals surface area (Å²) in [6.45, 7) is 5.70. The van der Waals surface area contributed by atoms with Crippen LogP contribution in [0.4, 0.5) is 0 Å². The monoisotopic (exact) mass is 151 g/mol. The molecule has 1 rings (SSSR count).